The first-order valence-corrected chi connectivity index (χ1v) is 6.96. The minimum Gasteiger partial charge on any atom is -0.320 e. The fraction of sp³-hybridized carbons (Fsp3) is 0.200. The Labute approximate surface area is 125 Å². The average Bonchev–Trinajstić information content (AvgIpc) is 2.36. The zero-order valence-electron chi connectivity index (χ0n) is 10.7. The molecule has 1 nitrogen and oxygen atoms in total. The highest BCUT2D eigenvalue weighted by molar-refractivity contribution is 14.1. The van der Waals surface area contributed by atoms with E-state index in [9.17, 15) is 8.78 Å². The molecule has 0 aromatic heterocycles. The van der Waals surface area contributed by atoms with Crippen molar-refractivity contribution in [1.29, 1.82) is 0 Å². The maximum Gasteiger partial charge on any atom is 0.131 e. The molecule has 2 rings (SSSR count). The van der Waals surface area contributed by atoms with Gasteiger partial charge in [0.1, 0.15) is 11.6 Å². The monoisotopic (exact) mass is 373 g/mol. The molecule has 2 aromatic rings. The van der Waals surface area contributed by atoms with Crippen molar-refractivity contribution >= 4 is 22.6 Å². The zero-order valence-corrected chi connectivity index (χ0v) is 12.8. The van der Waals surface area contributed by atoms with Gasteiger partial charge >= 0.3 is 0 Å². The summed E-state index contributed by atoms with van der Waals surface area (Å²) in [6.45, 7) is 3.58. The minimum absolute atomic E-state index is 0.322. The van der Waals surface area contributed by atoms with Crippen molar-refractivity contribution in [2.45, 2.75) is 19.9 Å². The number of aryl methyl sites for hydroxylation is 2. The molecule has 0 aliphatic heterocycles. The van der Waals surface area contributed by atoms with Crippen LogP contribution in [0.2, 0.25) is 0 Å². The summed E-state index contributed by atoms with van der Waals surface area (Å²) in [5, 5.41) is 0. The SMILES string of the molecule is Cc1cc(C(N)c2cccc(C)c2I)c(F)cc1F. The Morgan fingerprint density at radius 3 is 2.37 bits per heavy atom. The number of halogens is 3. The summed E-state index contributed by atoms with van der Waals surface area (Å²) in [4.78, 5) is 0. The summed E-state index contributed by atoms with van der Waals surface area (Å²) < 4.78 is 28.2. The van der Waals surface area contributed by atoms with E-state index in [1.54, 1.807) is 6.92 Å². The first-order chi connectivity index (χ1) is 8.91. The van der Waals surface area contributed by atoms with Gasteiger partial charge in [0.2, 0.25) is 0 Å². The summed E-state index contributed by atoms with van der Waals surface area (Å²) in [5.74, 6) is -1.15. The summed E-state index contributed by atoms with van der Waals surface area (Å²) in [6.07, 6.45) is 0. The highest BCUT2D eigenvalue weighted by atomic mass is 127. The van der Waals surface area contributed by atoms with Crippen LogP contribution in [0.1, 0.15) is 28.3 Å². The van der Waals surface area contributed by atoms with Crippen LogP contribution in [0, 0.1) is 29.1 Å². The van der Waals surface area contributed by atoms with Crippen molar-refractivity contribution in [1.82, 2.24) is 0 Å². The molecule has 0 aliphatic carbocycles. The normalized spacial score (nSPS) is 12.5. The van der Waals surface area contributed by atoms with E-state index in [1.165, 1.54) is 6.07 Å². The molecule has 1 unspecified atom stereocenters. The van der Waals surface area contributed by atoms with Gasteiger partial charge in [0.05, 0.1) is 6.04 Å². The van der Waals surface area contributed by atoms with Gasteiger partial charge in [0, 0.05) is 15.2 Å². The van der Waals surface area contributed by atoms with Crippen LogP contribution in [0.5, 0.6) is 0 Å². The van der Waals surface area contributed by atoms with Crippen LogP contribution in [0.25, 0.3) is 0 Å². The Morgan fingerprint density at radius 2 is 1.68 bits per heavy atom. The number of hydrogen-bond acceptors (Lipinski definition) is 1. The molecule has 1 atom stereocenters. The largest absolute Gasteiger partial charge is 0.320 e. The molecule has 0 saturated carbocycles. The van der Waals surface area contributed by atoms with E-state index in [2.05, 4.69) is 22.6 Å². The molecule has 4 heteroatoms. The minimum atomic E-state index is -0.604. The molecule has 0 amide bonds. The number of nitrogens with two attached hydrogens (primary N) is 1. The second-order valence-electron chi connectivity index (χ2n) is 4.58. The molecular weight excluding hydrogens is 359 g/mol. The third kappa shape index (κ3) is 2.79. The van der Waals surface area contributed by atoms with Gasteiger partial charge < -0.3 is 5.73 Å². The lowest BCUT2D eigenvalue weighted by Crippen LogP contribution is -2.16. The van der Waals surface area contributed by atoms with Crippen LogP contribution >= 0.6 is 22.6 Å². The third-order valence-corrected chi connectivity index (χ3v) is 4.64. The number of benzene rings is 2. The van der Waals surface area contributed by atoms with Gasteiger partial charge in [-0.2, -0.15) is 0 Å². The molecule has 0 saturated heterocycles. The van der Waals surface area contributed by atoms with Gasteiger partial charge in [-0.05, 0) is 59.2 Å². The first-order valence-electron chi connectivity index (χ1n) is 5.88. The highest BCUT2D eigenvalue weighted by Crippen LogP contribution is 2.29. The van der Waals surface area contributed by atoms with Gasteiger partial charge in [-0.15, -0.1) is 0 Å². The molecule has 0 heterocycles. The highest BCUT2D eigenvalue weighted by Gasteiger charge is 2.18. The fourth-order valence-electron chi connectivity index (χ4n) is 2.00. The van der Waals surface area contributed by atoms with E-state index in [1.807, 2.05) is 25.1 Å². The van der Waals surface area contributed by atoms with Crippen LogP contribution in [-0.4, -0.2) is 0 Å². The Balaban J connectivity index is 2.53. The molecule has 19 heavy (non-hydrogen) atoms. The van der Waals surface area contributed by atoms with E-state index in [4.69, 9.17) is 5.73 Å². The molecule has 0 aliphatic rings. The van der Waals surface area contributed by atoms with Gasteiger partial charge in [-0.3, -0.25) is 0 Å². The molecule has 2 N–H and O–H groups in total. The van der Waals surface area contributed by atoms with Crippen LogP contribution in [0.3, 0.4) is 0 Å². The Morgan fingerprint density at radius 1 is 1.00 bits per heavy atom. The summed E-state index contributed by atoms with van der Waals surface area (Å²) in [6, 6.07) is 7.52. The second-order valence-corrected chi connectivity index (χ2v) is 5.66. The van der Waals surface area contributed by atoms with Crippen molar-refractivity contribution in [3.8, 4) is 0 Å². The van der Waals surface area contributed by atoms with Gasteiger partial charge in [-0.25, -0.2) is 8.78 Å². The molecule has 0 spiro atoms. The van der Waals surface area contributed by atoms with E-state index in [0.717, 1.165) is 20.8 Å². The Bertz CT molecular complexity index is 626. The maximum atomic E-state index is 13.9. The predicted molar refractivity (Wildman–Crippen MR) is 81.0 cm³/mol. The Kier molecular flexibility index (Phi) is 4.20. The van der Waals surface area contributed by atoms with E-state index in [0.29, 0.717) is 11.1 Å². The van der Waals surface area contributed by atoms with Gasteiger partial charge in [0.25, 0.3) is 0 Å². The molecular formula is C15H14F2IN. The molecule has 0 radical (unpaired) electrons. The quantitative estimate of drug-likeness (QED) is 0.784. The number of rotatable bonds is 2. The van der Waals surface area contributed by atoms with Crippen LogP contribution in [0.4, 0.5) is 8.78 Å². The van der Waals surface area contributed by atoms with Crippen LogP contribution in [0.15, 0.2) is 30.3 Å². The zero-order chi connectivity index (χ0) is 14.2. The second kappa shape index (κ2) is 5.54. The standard InChI is InChI=1S/C15H14F2IN/c1-8-4-3-5-10(14(8)18)15(19)11-6-9(2)12(16)7-13(11)17/h3-7,15H,19H2,1-2H3. The van der Waals surface area contributed by atoms with Crippen molar-refractivity contribution in [3.05, 3.63) is 67.8 Å². The van der Waals surface area contributed by atoms with Crippen molar-refractivity contribution in [2.24, 2.45) is 5.73 Å². The average molecular weight is 373 g/mol. The summed E-state index contributed by atoms with van der Waals surface area (Å²) in [5.41, 5.74) is 8.80. The van der Waals surface area contributed by atoms with Gasteiger partial charge in [-0.1, -0.05) is 18.2 Å². The third-order valence-electron chi connectivity index (χ3n) is 3.17. The molecule has 0 bridgehead atoms. The van der Waals surface area contributed by atoms with Crippen molar-refractivity contribution < 1.29 is 8.78 Å². The van der Waals surface area contributed by atoms with E-state index >= 15 is 0 Å². The van der Waals surface area contributed by atoms with Crippen molar-refractivity contribution in [2.75, 3.05) is 0 Å². The Hall–Kier alpha value is -1.01. The lowest BCUT2D eigenvalue weighted by Gasteiger charge is -2.17. The molecule has 0 fully saturated rings. The summed E-state index contributed by atoms with van der Waals surface area (Å²) in [7, 11) is 0. The lowest BCUT2D eigenvalue weighted by molar-refractivity contribution is 0.560. The maximum absolute atomic E-state index is 13.9. The summed E-state index contributed by atoms with van der Waals surface area (Å²) >= 11 is 2.20. The lowest BCUT2D eigenvalue weighted by atomic mass is 9.96. The van der Waals surface area contributed by atoms with Gasteiger partial charge in [0.15, 0.2) is 0 Å². The van der Waals surface area contributed by atoms with Crippen LogP contribution in [-0.2, 0) is 0 Å². The first kappa shape index (κ1) is 14.4. The van der Waals surface area contributed by atoms with E-state index < -0.39 is 17.7 Å². The van der Waals surface area contributed by atoms with E-state index in [-0.39, 0.29) is 0 Å². The van der Waals surface area contributed by atoms with Crippen molar-refractivity contribution in [3.63, 3.8) is 0 Å². The fourth-order valence-corrected chi connectivity index (χ4v) is 2.69. The smallest absolute Gasteiger partial charge is 0.131 e. The number of hydrogen-bond donors (Lipinski definition) is 1. The molecule has 100 valence electrons. The molecule has 2 aromatic carbocycles. The van der Waals surface area contributed by atoms with Crippen LogP contribution < -0.4 is 5.73 Å². The topological polar surface area (TPSA) is 26.0 Å². The predicted octanol–water partition coefficient (Wildman–Crippen LogP) is 4.23.